The molecule has 1 N–H and O–H groups in total. The number of carbonyl (C=O) groups excluding carboxylic acids is 2. The third kappa shape index (κ3) is 8.76. The molecule has 2 amide bonds. The molecule has 190 valence electrons. The minimum atomic E-state index is -0.555. The monoisotopic (exact) mass is 476 g/mol. The Balaban J connectivity index is 1.40. The molecule has 0 saturated carbocycles. The van der Waals surface area contributed by atoms with E-state index in [1.165, 1.54) is 0 Å². The zero-order chi connectivity index (χ0) is 24.9. The van der Waals surface area contributed by atoms with Crippen LogP contribution in [0, 0.1) is 0 Å². The summed E-state index contributed by atoms with van der Waals surface area (Å²) < 4.78 is 17.1. The summed E-state index contributed by atoms with van der Waals surface area (Å²) in [5.74, 6) is 0.487. The number of rotatable bonds is 5. The third-order valence-corrected chi connectivity index (χ3v) is 5.58. The first kappa shape index (κ1) is 26.2. The highest BCUT2D eigenvalue weighted by atomic mass is 16.6. The third-order valence-electron chi connectivity index (χ3n) is 5.58. The number of piperidine rings is 1. The molecule has 0 spiro atoms. The fraction of sp³-hybridized carbons (Fsp3) is 0.720. The Hall–Kier alpha value is -2.39. The molecule has 2 aliphatic heterocycles. The van der Waals surface area contributed by atoms with Crippen LogP contribution >= 0.6 is 0 Å². The lowest BCUT2D eigenvalue weighted by Gasteiger charge is -2.33. The number of nitrogens with one attached hydrogen (secondary N) is 1. The van der Waals surface area contributed by atoms with Crippen LogP contribution in [0.2, 0.25) is 0 Å². The van der Waals surface area contributed by atoms with Crippen LogP contribution in [0.15, 0.2) is 18.3 Å². The van der Waals surface area contributed by atoms with Crippen LogP contribution in [0.3, 0.4) is 0 Å². The summed E-state index contributed by atoms with van der Waals surface area (Å²) in [6.45, 7) is 15.1. The van der Waals surface area contributed by atoms with E-state index in [-0.39, 0.29) is 18.3 Å². The summed E-state index contributed by atoms with van der Waals surface area (Å²) in [6, 6.07) is 3.85. The van der Waals surface area contributed by atoms with Crippen molar-refractivity contribution in [2.24, 2.45) is 0 Å². The van der Waals surface area contributed by atoms with Crippen LogP contribution in [0.1, 0.15) is 66.4 Å². The van der Waals surface area contributed by atoms with Gasteiger partial charge >= 0.3 is 12.2 Å². The molecule has 34 heavy (non-hydrogen) atoms. The quantitative estimate of drug-likeness (QED) is 0.672. The van der Waals surface area contributed by atoms with Crippen LogP contribution in [0.4, 0.5) is 15.4 Å². The van der Waals surface area contributed by atoms with Crippen LogP contribution in [0.25, 0.3) is 0 Å². The molecule has 1 aromatic heterocycles. The Kier molecular flexibility index (Phi) is 8.41. The molecular formula is C25H40N4O5. The molecule has 1 unspecified atom stereocenters. The van der Waals surface area contributed by atoms with E-state index in [0.29, 0.717) is 18.9 Å². The van der Waals surface area contributed by atoms with Crippen molar-refractivity contribution in [3.05, 3.63) is 23.9 Å². The molecule has 0 aliphatic carbocycles. The highest BCUT2D eigenvalue weighted by Crippen LogP contribution is 2.23. The maximum atomic E-state index is 12.3. The number of hydrogen-bond donors (Lipinski definition) is 1. The van der Waals surface area contributed by atoms with E-state index < -0.39 is 17.3 Å². The minimum absolute atomic E-state index is 0.0748. The molecule has 1 aromatic rings. The molecule has 0 radical (unpaired) electrons. The van der Waals surface area contributed by atoms with Crippen LogP contribution < -0.4 is 5.32 Å². The van der Waals surface area contributed by atoms with Crippen molar-refractivity contribution >= 4 is 18.0 Å². The van der Waals surface area contributed by atoms with Gasteiger partial charge in [-0.05, 0) is 78.5 Å². The van der Waals surface area contributed by atoms with Gasteiger partial charge in [0.15, 0.2) is 0 Å². The van der Waals surface area contributed by atoms with Crippen molar-refractivity contribution in [2.45, 2.75) is 90.8 Å². The van der Waals surface area contributed by atoms with Gasteiger partial charge in [0.2, 0.25) is 0 Å². The number of anilines is 1. The molecule has 0 aromatic carbocycles. The second-order valence-electron chi connectivity index (χ2n) is 11.1. The van der Waals surface area contributed by atoms with Gasteiger partial charge in [-0.3, -0.25) is 10.2 Å². The molecule has 3 heterocycles. The fourth-order valence-corrected chi connectivity index (χ4v) is 4.11. The van der Waals surface area contributed by atoms with Gasteiger partial charge in [0.1, 0.15) is 17.0 Å². The van der Waals surface area contributed by atoms with Gasteiger partial charge in [0.25, 0.3) is 0 Å². The Labute approximate surface area is 203 Å². The lowest BCUT2D eigenvalue weighted by atomic mass is 10.1. The normalized spacial score (nSPS) is 20.3. The molecule has 2 saturated heterocycles. The predicted octanol–water partition coefficient (Wildman–Crippen LogP) is 4.42. The van der Waals surface area contributed by atoms with Crippen LogP contribution in [0.5, 0.6) is 0 Å². The largest absolute Gasteiger partial charge is 0.444 e. The number of hydrogen-bond acceptors (Lipinski definition) is 7. The van der Waals surface area contributed by atoms with Gasteiger partial charge in [0.05, 0.1) is 18.8 Å². The maximum absolute atomic E-state index is 12.3. The first-order valence-corrected chi connectivity index (χ1v) is 12.2. The minimum Gasteiger partial charge on any atom is -0.444 e. The van der Waals surface area contributed by atoms with E-state index in [2.05, 4.69) is 15.2 Å². The van der Waals surface area contributed by atoms with Gasteiger partial charge in [-0.1, -0.05) is 0 Å². The van der Waals surface area contributed by atoms with Crippen LogP contribution in [-0.2, 0) is 20.8 Å². The number of ether oxygens (including phenoxy) is 3. The number of aromatic nitrogens is 1. The molecule has 2 aliphatic rings. The number of nitrogens with zero attached hydrogens (tertiary/aromatic N) is 3. The second kappa shape index (κ2) is 10.9. The Morgan fingerprint density at radius 1 is 1.00 bits per heavy atom. The molecule has 0 bridgehead atoms. The molecule has 2 fully saturated rings. The zero-order valence-corrected chi connectivity index (χ0v) is 21.4. The topological polar surface area (TPSA) is 93.2 Å². The van der Waals surface area contributed by atoms with E-state index in [1.807, 2.05) is 53.7 Å². The van der Waals surface area contributed by atoms with Crippen molar-refractivity contribution in [3.63, 3.8) is 0 Å². The van der Waals surface area contributed by atoms with E-state index in [1.54, 1.807) is 11.1 Å². The van der Waals surface area contributed by atoms with E-state index in [4.69, 9.17) is 14.2 Å². The summed E-state index contributed by atoms with van der Waals surface area (Å²) in [7, 11) is 0. The molecule has 1 atom stereocenters. The number of carbonyl (C=O) groups is 2. The summed E-state index contributed by atoms with van der Waals surface area (Å²) in [5, 5.41) is 2.70. The van der Waals surface area contributed by atoms with Crippen molar-refractivity contribution in [2.75, 3.05) is 31.5 Å². The highest BCUT2D eigenvalue weighted by molar-refractivity contribution is 5.83. The smallest absolute Gasteiger partial charge is 0.413 e. The van der Waals surface area contributed by atoms with Crippen molar-refractivity contribution in [1.29, 1.82) is 0 Å². The lowest BCUT2D eigenvalue weighted by molar-refractivity contribution is -0.0397. The summed E-state index contributed by atoms with van der Waals surface area (Å²) in [4.78, 5) is 32.6. The molecule has 9 heteroatoms. The SMILES string of the molecule is CC(C)(C)OC(=O)Nc1cc(CN2CCC(OC3CCN(C(=O)OC(C)(C)C)C3)CC2)ccn1. The van der Waals surface area contributed by atoms with Gasteiger partial charge in [-0.2, -0.15) is 0 Å². The molecule has 9 nitrogen and oxygen atoms in total. The lowest BCUT2D eigenvalue weighted by Crippen LogP contribution is -2.39. The summed E-state index contributed by atoms with van der Waals surface area (Å²) in [6.07, 6.45) is 3.98. The number of amides is 2. The van der Waals surface area contributed by atoms with Gasteiger partial charge in [0, 0.05) is 32.4 Å². The summed E-state index contributed by atoms with van der Waals surface area (Å²) in [5.41, 5.74) is 0.0504. The maximum Gasteiger partial charge on any atom is 0.413 e. The van der Waals surface area contributed by atoms with E-state index >= 15 is 0 Å². The predicted molar refractivity (Wildman–Crippen MR) is 130 cm³/mol. The van der Waals surface area contributed by atoms with Crippen molar-refractivity contribution in [3.8, 4) is 0 Å². The van der Waals surface area contributed by atoms with Gasteiger partial charge in [-0.25, -0.2) is 14.6 Å². The van der Waals surface area contributed by atoms with Gasteiger partial charge < -0.3 is 19.1 Å². The molecule has 3 rings (SSSR count). The molecular weight excluding hydrogens is 436 g/mol. The zero-order valence-electron chi connectivity index (χ0n) is 21.4. The van der Waals surface area contributed by atoms with Crippen LogP contribution in [-0.4, -0.2) is 76.6 Å². The van der Waals surface area contributed by atoms with Crippen molar-refractivity contribution in [1.82, 2.24) is 14.8 Å². The fourth-order valence-electron chi connectivity index (χ4n) is 4.11. The number of likely N-dealkylation sites (tertiary alicyclic amines) is 2. The van der Waals surface area contributed by atoms with E-state index in [0.717, 1.165) is 44.5 Å². The first-order chi connectivity index (χ1) is 15.9. The average Bonchev–Trinajstić information content (AvgIpc) is 3.16. The Morgan fingerprint density at radius 2 is 1.65 bits per heavy atom. The summed E-state index contributed by atoms with van der Waals surface area (Å²) >= 11 is 0. The number of pyridine rings is 1. The van der Waals surface area contributed by atoms with Crippen molar-refractivity contribution < 1.29 is 23.8 Å². The second-order valence-corrected chi connectivity index (χ2v) is 11.1. The Morgan fingerprint density at radius 3 is 2.29 bits per heavy atom. The first-order valence-electron chi connectivity index (χ1n) is 12.2. The highest BCUT2D eigenvalue weighted by Gasteiger charge is 2.32. The average molecular weight is 477 g/mol. The van der Waals surface area contributed by atoms with E-state index in [9.17, 15) is 9.59 Å². The Bertz CT molecular complexity index is 840. The van der Waals surface area contributed by atoms with Gasteiger partial charge in [-0.15, -0.1) is 0 Å². The standard InChI is InChI=1S/C25H40N4O5/c1-24(2,3)33-22(30)27-21-15-18(7-11-26-21)16-28-12-8-19(9-13-28)32-20-10-14-29(17-20)23(31)34-25(4,5)6/h7,11,15,19-20H,8-10,12-14,16-17H2,1-6H3,(H,26,27,30).